The first-order valence-corrected chi connectivity index (χ1v) is 8.26. The quantitative estimate of drug-likeness (QED) is 0.836. The van der Waals surface area contributed by atoms with Gasteiger partial charge in [-0.1, -0.05) is 49.8 Å². The molecule has 0 bridgehead atoms. The van der Waals surface area contributed by atoms with Gasteiger partial charge in [-0.15, -0.1) is 0 Å². The van der Waals surface area contributed by atoms with Crippen LogP contribution in [0.5, 0.6) is 0 Å². The first kappa shape index (κ1) is 16.1. The topological polar surface area (TPSA) is 23.5 Å². The molecule has 0 aromatic heterocycles. The summed E-state index contributed by atoms with van der Waals surface area (Å²) >= 11 is 0. The molecule has 1 fully saturated rings. The first-order chi connectivity index (χ1) is 10.3. The van der Waals surface area contributed by atoms with Crippen molar-refractivity contribution in [1.29, 1.82) is 0 Å². The summed E-state index contributed by atoms with van der Waals surface area (Å²) in [4.78, 5) is 2.64. The molecule has 1 saturated heterocycles. The van der Waals surface area contributed by atoms with Gasteiger partial charge >= 0.3 is 0 Å². The number of benzene rings is 1. The minimum atomic E-state index is 0.139. The summed E-state index contributed by atoms with van der Waals surface area (Å²) in [6.45, 7) is 4.64. The summed E-state index contributed by atoms with van der Waals surface area (Å²) in [6, 6.07) is 9.18. The van der Waals surface area contributed by atoms with Gasteiger partial charge in [0.25, 0.3) is 0 Å². The molecule has 0 saturated carbocycles. The number of rotatable bonds is 5. The molecule has 1 aliphatic rings. The van der Waals surface area contributed by atoms with Crippen molar-refractivity contribution in [2.75, 3.05) is 13.2 Å². The van der Waals surface area contributed by atoms with Crippen LogP contribution in [-0.2, 0) is 6.54 Å². The zero-order valence-corrected chi connectivity index (χ0v) is 13.1. The Morgan fingerprint density at radius 2 is 2.14 bits per heavy atom. The van der Waals surface area contributed by atoms with E-state index in [0.29, 0.717) is 6.42 Å². The number of aliphatic hydroxyl groups excluding tert-OH is 1. The molecule has 1 aliphatic heterocycles. The molecule has 0 radical (unpaired) electrons. The van der Waals surface area contributed by atoms with Crippen molar-refractivity contribution in [2.45, 2.75) is 58.0 Å². The van der Waals surface area contributed by atoms with Gasteiger partial charge in [0, 0.05) is 24.6 Å². The van der Waals surface area contributed by atoms with Crippen molar-refractivity contribution in [3.63, 3.8) is 0 Å². The largest absolute Gasteiger partial charge is 0.395 e. The molecule has 0 aliphatic carbocycles. The van der Waals surface area contributed by atoms with Gasteiger partial charge in [-0.05, 0) is 37.4 Å². The lowest BCUT2D eigenvalue weighted by Crippen LogP contribution is -2.38. The first-order valence-electron chi connectivity index (χ1n) is 8.26. The lowest BCUT2D eigenvalue weighted by Gasteiger charge is -2.36. The van der Waals surface area contributed by atoms with Crippen LogP contribution in [0.25, 0.3) is 0 Å². The van der Waals surface area contributed by atoms with Gasteiger partial charge in [0.15, 0.2) is 0 Å². The molecule has 2 nitrogen and oxygen atoms in total. The highest BCUT2D eigenvalue weighted by Gasteiger charge is 2.21. The second-order valence-corrected chi connectivity index (χ2v) is 5.84. The van der Waals surface area contributed by atoms with Crippen molar-refractivity contribution in [1.82, 2.24) is 4.90 Å². The number of hydrogen-bond donors (Lipinski definition) is 1. The SMILES string of the molecule is CCCC1CCCCN1Cc1ccccc1C#CCCO. The van der Waals surface area contributed by atoms with E-state index >= 15 is 0 Å². The maximum atomic E-state index is 8.86. The molecule has 21 heavy (non-hydrogen) atoms. The standard InChI is InChI=1S/C19H27NO/c1-2-9-19-13-5-7-14-20(19)16-18-12-4-3-10-17(18)11-6-8-15-21/h3-4,10,12,19,21H,2,5,7-9,13-16H2,1H3. The average molecular weight is 285 g/mol. The summed E-state index contributed by atoms with van der Waals surface area (Å²) in [7, 11) is 0. The van der Waals surface area contributed by atoms with Crippen molar-refractivity contribution >= 4 is 0 Å². The van der Waals surface area contributed by atoms with Crippen molar-refractivity contribution in [3.05, 3.63) is 35.4 Å². The van der Waals surface area contributed by atoms with E-state index in [0.717, 1.165) is 18.2 Å². The Hall–Kier alpha value is -1.30. The van der Waals surface area contributed by atoms with E-state index in [1.54, 1.807) is 0 Å². The van der Waals surface area contributed by atoms with Gasteiger partial charge in [-0.2, -0.15) is 0 Å². The Morgan fingerprint density at radius 1 is 1.29 bits per heavy atom. The van der Waals surface area contributed by atoms with E-state index in [4.69, 9.17) is 5.11 Å². The van der Waals surface area contributed by atoms with Crippen LogP contribution in [0.15, 0.2) is 24.3 Å². The molecule has 1 N–H and O–H groups in total. The van der Waals surface area contributed by atoms with Gasteiger partial charge in [0.2, 0.25) is 0 Å². The lowest BCUT2D eigenvalue weighted by molar-refractivity contribution is 0.131. The average Bonchev–Trinajstić information content (AvgIpc) is 2.51. The van der Waals surface area contributed by atoms with Crippen LogP contribution in [0.2, 0.25) is 0 Å². The lowest BCUT2D eigenvalue weighted by atomic mass is 9.96. The number of nitrogens with zero attached hydrogens (tertiary/aromatic N) is 1. The third-order valence-corrected chi connectivity index (χ3v) is 4.22. The number of likely N-dealkylation sites (tertiary alicyclic amines) is 1. The smallest absolute Gasteiger partial charge is 0.0540 e. The van der Waals surface area contributed by atoms with Crippen LogP contribution < -0.4 is 0 Å². The highest BCUT2D eigenvalue weighted by Crippen LogP contribution is 2.23. The van der Waals surface area contributed by atoms with E-state index in [1.807, 2.05) is 6.07 Å². The predicted molar refractivity (Wildman–Crippen MR) is 88.0 cm³/mol. The van der Waals surface area contributed by atoms with Gasteiger partial charge in [-0.3, -0.25) is 4.90 Å². The predicted octanol–water partition coefficient (Wildman–Crippen LogP) is 3.58. The van der Waals surface area contributed by atoms with Crippen LogP contribution in [-0.4, -0.2) is 29.2 Å². The summed E-state index contributed by atoms with van der Waals surface area (Å²) in [5.74, 6) is 6.26. The molecule has 114 valence electrons. The number of hydrogen-bond acceptors (Lipinski definition) is 2. The molecule has 1 aromatic carbocycles. The van der Waals surface area contributed by atoms with Crippen LogP contribution in [0, 0.1) is 11.8 Å². The fraction of sp³-hybridized carbons (Fsp3) is 0.579. The van der Waals surface area contributed by atoms with Crippen LogP contribution >= 0.6 is 0 Å². The van der Waals surface area contributed by atoms with Crippen molar-refractivity contribution in [3.8, 4) is 11.8 Å². The van der Waals surface area contributed by atoms with Gasteiger partial charge in [-0.25, -0.2) is 0 Å². The Balaban J connectivity index is 2.09. The Kier molecular flexibility index (Phi) is 6.79. The molecular formula is C19H27NO. The molecule has 0 spiro atoms. The molecule has 1 aromatic rings. The summed E-state index contributed by atoms with van der Waals surface area (Å²) in [5, 5.41) is 8.86. The monoisotopic (exact) mass is 285 g/mol. The minimum Gasteiger partial charge on any atom is -0.395 e. The molecule has 1 unspecified atom stereocenters. The molecule has 2 rings (SSSR count). The van der Waals surface area contributed by atoms with E-state index in [9.17, 15) is 0 Å². The Morgan fingerprint density at radius 3 is 2.95 bits per heavy atom. The van der Waals surface area contributed by atoms with E-state index in [1.165, 1.54) is 44.2 Å². The van der Waals surface area contributed by atoms with Crippen LogP contribution in [0.3, 0.4) is 0 Å². The third-order valence-electron chi connectivity index (χ3n) is 4.22. The van der Waals surface area contributed by atoms with E-state index in [2.05, 4.69) is 41.9 Å². The minimum absolute atomic E-state index is 0.139. The Bertz CT molecular complexity index is 484. The summed E-state index contributed by atoms with van der Waals surface area (Å²) < 4.78 is 0. The van der Waals surface area contributed by atoms with E-state index in [-0.39, 0.29) is 6.61 Å². The van der Waals surface area contributed by atoms with Crippen molar-refractivity contribution in [2.24, 2.45) is 0 Å². The second-order valence-electron chi connectivity index (χ2n) is 5.84. The zero-order valence-electron chi connectivity index (χ0n) is 13.1. The van der Waals surface area contributed by atoms with Crippen LogP contribution in [0.1, 0.15) is 56.6 Å². The number of aliphatic hydroxyl groups is 1. The molecular weight excluding hydrogens is 258 g/mol. The Labute approximate surface area is 129 Å². The maximum absolute atomic E-state index is 8.86. The third kappa shape index (κ3) is 4.88. The van der Waals surface area contributed by atoms with Gasteiger partial charge in [0.05, 0.1) is 6.61 Å². The van der Waals surface area contributed by atoms with Gasteiger partial charge < -0.3 is 5.11 Å². The fourth-order valence-electron chi connectivity index (χ4n) is 3.14. The highest BCUT2D eigenvalue weighted by atomic mass is 16.2. The maximum Gasteiger partial charge on any atom is 0.0540 e. The normalized spacial score (nSPS) is 19.0. The highest BCUT2D eigenvalue weighted by molar-refractivity contribution is 5.41. The van der Waals surface area contributed by atoms with Crippen LogP contribution in [0.4, 0.5) is 0 Å². The molecule has 2 heteroatoms. The van der Waals surface area contributed by atoms with Gasteiger partial charge in [0.1, 0.15) is 0 Å². The van der Waals surface area contributed by atoms with E-state index < -0.39 is 0 Å². The zero-order chi connectivity index (χ0) is 14.9. The fourth-order valence-corrected chi connectivity index (χ4v) is 3.14. The second kappa shape index (κ2) is 8.87. The molecule has 1 heterocycles. The summed E-state index contributed by atoms with van der Waals surface area (Å²) in [5.41, 5.74) is 2.44. The number of piperidine rings is 1. The molecule has 1 atom stereocenters. The molecule has 0 amide bonds. The van der Waals surface area contributed by atoms with Crippen molar-refractivity contribution < 1.29 is 5.11 Å². The summed E-state index contributed by atoms with van der Waals surface area (Å²) in [6.07, 6.45) is 7.15.